The number of hydrogen-bond donors (Lipinski definition) is 3. The van der Waals surface area contributed by atoms with Crippen molar-refractivity contribution in [2.75, 3.05) is 18.9 Å². The van der Waals surface area contributed by atoms with Crippen LogP contribution >= 0.6 is 11.3 Å². The van der Waals surface area contributed by atoms with E-state index in [0.717, 1.165) is 23.4 Å². The topological polar surface area (TPSA) is 76.9 Å². The largest absolute Gasteiger partial charge is 0.372 e. The van der Waals surface area contributed by atoms with Crippen LogP contribution in [-0.2, 0) is 11.3 Å². The molecule has 2 aromatic rings. The lowest BCUT2D eigenvalue weighted by Gasteiger charge is -2.21. The van der Waals surface area contributed by atoms with Crippen LogP contribution in [0.5, 0.6) is 0 Å². The Hall–Kier alpha value is -2.36. The van der Waals surface area contributed by atoms with E-state index in [1.165, 1.54) is 5.56 Å². The van der Waals surface area contributed by atoms with Crippen molar-refractivity contribution >= 4 is 22.9 Å². The maximum atomic E-state index is 12.4. The summed E-state index contributed by atoms with van der Waals surface area (Å²) in [6, 6.07) is 10.0. The zero-order chi connectivity index (χ0) is 18.9. The quantitative estimate of drug-likeness (QED) is 0.590. The summed E-state index contributed by atoms with van der Waals surface area (Å²) in [5.41, 5.74) is 4.39. The van der Waals surface area contributed by atoms with Gasteiger partial charge in [0.05, 0.1) is 11.8 Å². The minimum absolute atomic E-state index is 0.0263. The van der Waals surface area contributed by atoms with Crippen LogP contribution in [0.2, 0.25) is 0 Å². The van der Waals surface area contributed by atoms with Crippen molar-refractivity contribution in [3.63, 3.8) is 0 Å². The predicted molar refractivity (Wildman–Crippen MR) is 108 cm³/mol. The molecule has 0 unspecified atom stereocenters. The first-order valence-corrected chi connectivity index (χ1v) is 9.70. The second-order valence-electron chi connectivity index (χ2n) is 6.63. The lowest BCUT2D eigenvalue weighted by molar-refractivity contribution is -0.121. The van der Waals surface area contributed by atoms with Gasteiger partial charge in [-0.3, -0.25) is 4.79 Å². The maximum absolute atomic E-state index is 12.4. The van der Waals surface area contributed by atoms with Crippen molar-refractivity contribution in [1.82, 2.24) is 10.6 Å². The second kappa shape index (κ2) is 9.95. The summed E-state index contributed by atoms with van der Waals surface area (Å²) in [7, 11) is 1.93. The van der Waals surface area contributed by atoms with E-state index >= 15 is 0 Å². The normalized spacial score (nSPS) is 11.8. The van der Waals surface area contributed by atoms with Crippen LogP contribution in [0.25, 0.3) is 11.1 Å². The van der Waals surface area contributed by atoms with Gasteiger partial charge in [0.25, 0.3) is 0 Å². The van der Waals surface area contributed by atoms with Gasteiger partial charge in [-0.1, -0.05) is 38.1 Å². The number of nitrogens with zero attached hydrogens (tertiary/aromatic N) is 1. The lowest BCUT2D eigenvalue weighted by Crippen LogP contribution is -2.40. The molecule has 0 saturated heterocycles. The molecule has 1 atom stereocenters. The Bertz CT molecular complexity index is 746. The third-order valence-electron chi connectivity index (χ3n) is 4.00. The number of nitriles is 1. The molecule has 3 N–H and O–H groups in total. The van der Waals surface area contributed by atoms with E-state index in [9.17, 15) is 4.79 Å². The summed E-state index contributed by atoms with van der Waals surface area (Å²) in [4.78, 5) is 12.4. The first-order valence-electron chi connectivity index (χ1n) is 8.76. The van der Waals surface area contributed by atoms with E-state index < -0.39 is 0 Å². The lowest BCUT2D eigenvalue weighted by atomic mass is 10.0. The number of carbonyl (C=O) groups excluding carboxylic acids is 1. The third-order valence-corrected chi connectivity index (χ3v) is 4.75. The van der Waals surface area contributed by atoms with E-state index in [1.807, 2.05) is 18.5 Å². The molecule has 138 valence electrons. The molecule has 1 aromatic carbocycles. The van der Waals surface area contributed by atoms with E-state index in [1.54, 1.807) is 11.3 Å². The van der Waals surface area contributed by atoms with E-state index in [2.05, 4.69) is 59.4 Å². The van der Waals surface area contributed by atoms with Crippen molar-refractivity contribution in [3.8, 4) is 17.2 Å². The Morgan fingerprint density at radius 2 is 1.96 bits per heavy atom. The molecule has 6 heteroatoms. The fraction of sp³-hybridized carbons (Fsp3) is 0.400. The summed E-state index contributed by atoms with van der Waals surface area (Å²) in [5.74, 6) is 0.227. The molecular weight excluding hydrogens is 344 g/mol. The Morgan fingerprint density at radius 3 is 2.58 bits per heavy atom. The van der Waals surface area contributed by atoms with Crippen molar-refractivity contribution in [2.24, 2.45) is 5.92 Å². The SMILES string of the molecule is CNCc1ccc(-c2cscc2N[C@@H](CC(C)C)C(=O)NCC#N)cc1. The van der Waals surface area contributed by atoms with Crippen LogP contribution in [-0.4, -0.2) is 25.5 Å². The molecule has 0 fully saturated rings. The second-order valence-corrected chi connectivity index (χ2v) is 7.37. The predicted octanol–water partition coefficient (Wildman–Crippen LogP) is 3.60. The molecule has 0 aliphatic carbocycles. The zero-order valence-corrected chi connectivity index (χ0v) is 16.3. The zero-order valence-electron chi connectivity index (χ0n) is 15.5. The van der Waals surface area contributed by atoms with Gasteiger partial charge >= 0.3 is 0 Å². The average Bonchev–Trinajstić information content (AvgIpc) is 3.08. The number of hydrogen-bond acceptors (Lipinski definition) is 5. The maximum Gasteiger partial charge on any atom is 0.243 e. The highest BCUT2D eigenvalue weighted by molar-refractivity contribution is 7.08. The van der Waals surface area contributed by atoms with Crippen molar-refractivity contribution in [2.45, 2.75) is 32.9 Å². The van der Waals surface area contributed by atoms with Gasteiger partial charge in [0.1, 0.15) is 12.6 Å². The van der Waals surface area contributed by atoms with Gasteiger partial charge < -0.3 is 16.0 Å². The molecule has 0 spiro atoms. The molecule has 0 bridgehead atoms. The summed E-state index contributed by atoms with van der Waals surface area (Å²) < 4.78 is 0. The molecular formula is C20H26N4OS. The van der Waals surface area contributed by atoms with Gasteiger partial charge in [-0.15, -0.1) is 11.3 Å². The van der Waals surface area contributed by atoms with E-state index in [0.29, 0.717) is 12.3 Å². The number of amides is 1. The number of nitrogens with one attached hydrogen (secondary N) is 3. The number of carbonyl (C=O) groups is 1. The summed E-state index contributed by atoms with van der Waals surface area (Å²) in [6.07, 6.45) is 0.702. The smallest absolute Gasteiger partial charge is 0.243 e. The highest BCUT2D eigenvalue weighted by Crippen LogP contribution is 2.33. The minimum Gasteiger partial charge on any atom is -0.372 e. The molecule has 0 radical (unpaired) electrons. The van der Waals surface area contributed by atoms with Crippen LogP contribution in [0.3, 0.4) is 0 Å². The highest BCUT2D eigenvalue weighted by atomic mass is 32.1. The van der Waals surface area contributed by atoms with E-state index in [-0.39, 0.29) is 18.5 Å². The average molecular weight is 371 g/mol. The van der Waals surface area contributed by atoms with Crippen LogP contribution in [0, 0.1) is 17.2 Å². The Labute approximate surface area is 159 Å². The van der Waals surface area contributed by atoms with Crippen LogP contribution in [0.4, 0.5) is 5.69 Å². The number of rotatable bonds is 9. The molecule has 5 nitrogen and oxygen atoms in total. The minimum atomic E-state index is -0.361. The van der Waals surface area contributed by atoms with Crippen molar-refractivity contribution in [3.05, 3.63) is 40.6 Å². The molecule has 1 heterocycles. The van der Waals surface area contributed by atoms with Crippen molar-refractivity contribution < 1.29 is 4.79 Å². The fourth-order valence-corrected chi connectivity index (χ4v) is 3.58. The third kappa shape index (κ3) is 5.58. The Kier molecular flexibility index (Phi) is 7.64. The molecule has 0 saturated carbocycles. The highest BCUT2D eigenvalue weighted by Gasteiger charge is 2.21. The Morgan fingerprint density at radius 1 is 1.23 bits per heavy atom. The molecule has 0 aliphatic heterocycles. The number of benzene rings is 1. The van der Waals surface area contributed by atoms with Gasteiger partial charge in [-0.2, -0.15) is 5.26 Å². The molecule has 1 aromatic heterocycles. The van der Waals surface area contributed by atoms with Gasteiger partial charge in [-0.05, 0) is 30.5 Å². The van der Waals surface area contributed by atoms with Crippen LogP contribution in [0.15, 0.2) is 35.0 Å². The van der Waals surface area contributed by atoms with Gasteiger partial charge in [0.15, 0.2) is 0 Å². The number of thiophene rings is 1. The number of anilines is 1. The van der Waals surface area contributed by atoms with Gasteiger partial charge in [-0.25, -0.2) is 0 Å². The summed E-state index contributed by atoms with van der Waals surface area (Å²) in [5, 5.41) is 22.0. The molecule has 0 aliphatic rings. The summed E-state index contributed by atoms with van der Waals surface area (Å²) >= 11 is 1.61. The van der Waals surface area contributed by atoms with Gasteiger partial charge in [0, 0.05) is 22.9 Å². The monoisotopic (exact) mass is 370 g/mol. The van der Waals surface area contributed by atoms with Crippen LogP contribution in [0.1, 0.15) is 25.8 Å². The molecule has 1 amide bonds. The fourth-order valence-electron chi connectivity index (χ4n) is 2.78. The molecule has 26 heavy (non-hydrogen) atoms. The van der Waals surface area contributed by atoms with Crippen molar-refractivity contribution in [1.29, 1.82) is 5.26 Å². The van der Waals surface area contributed by atoms with Crippen LogP contribution < -0.4 is 16.0 Å². The first kappa shape index (κ1) is 20.0. The standard InChI is InChI=1S/C20H26N4OS/c1-14(2)10-18(20(25)23-9-8-21)24-19-13-26-12-17(19)16-6-4-15(5-7-16)11-22-3/h4-7,12-14,18,22,24H,9-11H2,1-3H3,(H,23,25)/t18-/m0/s1. The van der Waals surface area contributed by atoms with E-state index in [4.69, 9.17) is 5.26 Å². The molecule has 2 rings (SSSR count). The first-order chi connectivity index (χ1) is 12.5. The van der Waals surface area contributed by atoms with Gasteiger partial charge in [0.2, 0.25) is 5.91 Å². The summed E-state index contributed by atoms with van der Waals surface area (Å²) in [6.45, 7) is 5.03. The Balaban J connectivity index is 2.18.